The summed E-state index contributed by atoms with van der Waals surface area (Å²) >= 11 is 0. The smallest absolute Gasteiger partial charge is 0.255 e. The van der Waals surface area contributed by atoms with E-state index in [9.17, 15) is 9.90 Å². The van der Waals surface area contributed by atoms with Gasteiger partial charge in [-0.15, -0.1) is 0 Å². The number of anilines is 1. The molecule has 0 spiro atoms. The Morgan fingerprint density at radius 1 is 1.17 bits per heavy atom. The van der Waals surface area contributed by atoms with Crippen molar-refractivity contribution in [2.24, 2.45) is 5.92 Å². The minimum Gasteiger partial charge on any atom is -0.393 e. The number of aliphatic hydroxyl groups excluding tert-OH is 1. The fourth-order valence-electron chi connectivity index (χ4n) is 3.81. The van der Waals surface area contributed by atoms with Gasteiger partial charge in [0.1, 0.15) is 0 Å². The van der Waals surface area contributed by atoms with Crippen molar-refractivity contribution in [2.75, 3.05) is 31.1 Å². The number of benzene rings is 1. The van der Waals surface area contributed by atoms with Crippen LogP contribution in [0.4, 0.5) is 5.69 Å². The number of rotatable bonds is 3. The van der Waals surface area contributed by atoms with E-state index in [0.717, 1.165) is 55.8 Å². The first-order valence-electron chi connectivity index (χ1n) is 8.89. The molecule has 126 valence electrons. The maximum Gasteiger partial charge on any atom is 0.255 e. The maximum atomic E-state index is 13.0. The summed E-state index contributed by atoms with van der Waals surface area (Å²) in [5, 5.41) is 9.73. The largest absolute Gasteiger partial charge is 0.393 e. The van der Waals surface area contributed by atoms with Gasteiger partial charge in [0.15, 0.2) is 0 Å². The molecule has 2 saturated heterocycles. The highest BCUT2D eigenvalue weighted by Gasteiger charge is 2.28. The Morgan fingerprint density at radius 3 is 2.43 bits per heavy atom. The summed E-state index contributed by atoms with van der Waals surface area (Å²) < 4.78 is 0. The van der Waals surface area contributed by atoms with Gasteiger partial charge in [-0.3, -0.25) is 4.79 Å². The second-order valence-electron chi connectivity index (χ2n) is 7.08. The molecule has 1 unspecified atom stereocenters. The first-order valence-corrected chi connectivity index (χ1v) is 8.89. The molecule has 2 fully saturated rings. The highest BCUT2D eigenvalue weighted by Crippen LogP contribution is 2.29. The van der Waals surface area contributed by atoms with Crippen LogP contribution in [0.2, 0.25) is 0 Å². The van der Waals surface area contributed by atoms with Crippen LogP contribution in [0.5, 0.6) is 0 Å². The molecule has 4 heteroatoms. The number of hydrogen-bond donors (Lipinski definition) is 1. The van der Waals surface area contributed by atoms with Gasteiger partial charge >= 0.3 is 0 Å². The van der Waals surface area contributed by atoms with E-state index >= 15 is 0 Å². The summed E-state index contributed by atoms with van der Waals surface area (Å²) in [7, 11) is 0. The van der Waals surface area contributed by atoms with Crippen molar-refractivity contribution in [1.82, 2.24) is 4.90 Å². The zero-order valence-electron chi connectivity index (χ0n) is 14.3. The molecular weight excluding hydrogens is 288 g/mol. The molecule has 1 N–H and O–H groups in total. The number of carbonyl (C=O) groups is 1. The zero-order valence-corrected chi connectivity index (χ0v) is 14.3. The molecule has 23 heavy (non-hydrogen) atoms. The fourth-order valence-corrected chi connectivity index (χ4v) is 3.81. The van der Waals surface area contributed by atoms with Crippen molar-refractivity contribution in [3.8, 4) is 0 Å². The first-order chi connectivity index (χ1) is 11.1. The molecule has 1 atom stereocenters. The second kappa shape index (κ2) is 6.91. The Balaban J connectivity index is 1.78. The quantitative estimate of drug-likeness (QED) is 0.932. The van der Waals surface area contributed by atoms with Crippen molar-refractivity contribution in [1.29, 1.82) is 0 Å². The van der Waals surface area contributed by atoms with E-state index in [0.29, 0.717) is 5.92 Å². The molecule has 1 aromatic carbocycles. The Labute approximate surface area is 139 Å². The van der Waals surface area contributed by atoms with E-state index in [2.05, 4.69) is 17.0 Å². The maximum absolute atomic E-state index is 13.0. The normalized spacial score (nSPS) is 20.8. The van der Waals surface area contributed by atoms with Gasteiger partial charge in [0.25, 0.3) is 5.91 Å². The number of hydrogen-bond acceptors (Lipinski definition) is 3. The lowest BCUT2D eigenvalue weighted by Gasteiger charge is -2.34. The van der Waals surface area contributed by atoms with Gasteiger partial charge < -0.3 is 14.9 Å². The van der Waals surface area contributed by atoms with Crippen LogP contribution < -0.4 is 4.90 Å². The number of likely N-dealkylation sites (tertiary alicyclic amines) is 1. The molecule has 3 rings (SSSR count). The number of carbonyl (C=O) groups excluding carboxylic acids is 1. The molecule has 0 aromatic heterocycles. The molecule has 1 aromatic rings. The molecule has 0 saturated carbocycles. The molecule has 1 amide bonds. The third kappa shape index (κ3) is 3.52. The topological polar surface area (TPSA) is 43.8 Å². The van der Waals surface area contributed by atoms with E-state index in [-0.39, 0.29) is 12.0 Å². The minimum absolute atomic E-state index is 0.152. The summed E-state index contributed by atoms with van der Waals surface area (Å²) in [6.45, 7) is 7.50. The van der Waals surface area contributed by atoms with Crippen LogP contribution in [-0.4, -0.2) is 48.2 Å². The molecule has 2 aliphatic heterocycles. The Kier molecular flexibility index (Phi) is 4.90. The molecule has 0 radical (unpaired) electrons. The van der Waals surface area contributed by atoms with Gasteiger partial charge in [-0.2, -0.15) is 0 Å². The van der Waals surface area contributed by atoms with E-state index in [1.54, 1.807) is 0 Å². The Morgan fingerprint density at radius 2 is 1.83 bits per heavy atom. The zero-order chi connectivity index (χ0) is 16.4. The number of aryl methyl sites for hydroxylation is 1. The van der Waals surface area contributed by atoms with Gasteiger partial charge in [-0.05, 0) is 57.6 Å². The molecule has 4 nitrogen and oxygen atoms in total. The number of aliphatic hydroxyl groups is 1. The van der Waals surface area contributed by atoms with Gasteiger partial charge in [0.05, 0.1) is 11.7 Å². The van der Waals surface area contributed by atoms with Crippen LogP contribution in [0, 0.1) is 12.8 Å². The van der Waals surface area contributed by atoms with Crippen LogP contribution in [0.25, 0.3) is 0 Å². The van der Waals surface area contributed by atoms with Gasteiger partial charge in [0.2, 0.25) is 0 Å². The molecular formula is C19H28N2O2. The molecule has 0 aliphatic carbocycles. The van der Waals surface area contributed by atoms with Gasteiger partial charge in [0, 0.05) is 31.9 Å². The summed E-state index contributed by atoms with van der Waals surface area (Å²) in [5.41, 5.74) is 3.08. The Hall–Kier alpha value is -1.55. The summed E-state index contributed by atoms with van der Waals surface area (Å²) in [6.07, 6.45) is 3.94. The van der Waals surface area contributed by atoms with Crippen molar-refractivity contribution in [3.05, 3.63) is 29.3 Å². The highest BCUT2D eigenvalue weighted by molar-refractivity contribution is 6.00. The third-order valence-electron chi connectivity index (χ3n) is 5.34. The average Bonchev–Trinajstić information content (AvgIpc) is 3.08. The monoisotopic (exact) mass is 316 g/mol. The Bertz CT molecular complexity index is 556. The predicted octanol–water partition coefficient (Wildman–Crippen LogP) is 2.83. The molecule has 2 heterocycles. The summed E-state index contributed by atoms with van der Waals surface area (Å²) in [6, 6.07) is 6.25. The highest BCUT2D eigenvalue weighted by atomic mass is 16.3. The van der Waals surface area contributed by atoms with Crippen LogP contribution in [0.15, 0.2) is 18.2 Å². The van der Waals surface area contributed by atoms with E-state index in [4.69, 9.17) is 0 Å². The van der Waals surface area contributed by atoms with Gasteiger partial charge in [-0.1, -0.05) is 11.6 Å². The van der Waals surface area contributed by atoms with Crippen LogP contribution in [0.3, 0.4) is 0 Å². The van der Waals surface area contributed by atoms with Crippen LogP contribution in [-0.2, 0) is 0 Å². The minimum atomic E-state index is -0.272. The predicted molar refractivity (Wildman–Crippen MR) is 92.9 cm³/mol. The van der Waals surface area contributed by atoms with Crippen molar-refractivity contribution >= 4 is 11.6 Å². The summed E-state index contributed by atoms with van der Waals surface area (Å²) in [5.74, 6) is 0.481. The van der Waals surface area contributed by atoms with E-state index in [1.165, 1.54) is 12.8 Å². The fraction of sp³-hybridized carbons (Fsp3) is 0.632. The lowest BCUT2D eigenvalue weighted by Crippen LogP contribution is -2.41. The standard InChI is InChI=1S/C19H28N2O2/c1-14-5-6-18(20-9-3-4-10-20)17(13-14)19(23)21-11-7-16(8-12-21)15(2)22/h5-6,13,15-16,22H,3-4,7-12H2,1-2H3. The van der Waals surface area contributed by atoms with Crippen molar-refractivity contribution in [3.63, 3.8) is 0 Å². The molecule has 0 bridgehead atoms. The third-order valence-corrected chi connectivity index (χ3v) is 5.34. The second-order valence-corrected chi connectivity index (χ2v) is 7.08. The van der Waals surface area contributed by atoms with Crippen LogP contribution >= 0.6 is 0 Å². The van der Waals surface area contributed by atoms with Crippen LogP contribution in [0.1, 0.15) is 48.5 Å². The number of nitrogens with zero attached hydrogens (tertiary/aromatic N) is 2. The molecule has 2 aliphatic rings. The van der Waals surface area contributed by atoms with E-state index in [1.807, 2.05) is 24.8 Å². The van der Waals surface area contributed by atoms with E-state index < -0.39 is 0 Å². The van der Waals surface area contributed by atoms with Crippen molar-refractivity contribution in [2.45, 2.75) is 45.6 Å². The number of piperidine rings is 1. The summed E-state index contributed by atoms with van der Waals surface area (Å²) in [4.78, 5) is 17.4. The number of amides is 1. The SMILES string of the molecule is Cc1ccc(N2CCCC2)c(C(=O)N2CCC(C(C)O)CC2)c1. The lowest BCUT2D eigenvalue weighted by molar-refractivity contribution is 0.0522. The van der Waals surface area contributed by atoms with Crippen molar-refractivity contribution < 1.29 is 9.90 Å². The van der Waals surface area contributed by atoms with Gasteiger partial charge in [-0.25, -0.2) is 0 Å². The lowest BCUT2D eigenvalue weighted by atomic mass is 9.92. The average molecular weight is 316 g/mol. The first kappa shape index (κ1) is 16.3.